The molecule has 2 aromatic carbocycles. The normalized spacial score (nSPS) is 25.9. The molecule has 4 bridgehead atoms. The van der Waals surface area contributed by atoms with E-state index >= 15 is 17.6 Å². The fourth-order valence-corrected chi connectivity index (χ4v) is 12.6. The van der Waals surface area contributed by atoms with Gasteiger partial charge in [0.25, 0.3) is 11.8 Å². The third-order valence-corrected chi connectivity index (χ3v) is 16.9. The number of esters is 2. The van der Waals surface area contributed by atoms with Gasteiger partial charge in [0.2, 0.25) is 0 Å². The number of nitrogens with one attached hydrogen (secondary N) is 2. The second-order valence-corrected chi connectivity index (χ2v) is 22.0. The maximum atomic E-state index is 15.6. The van der Waals surface area contributed by atoms with Crippen molar-refractivity contribution in [1.82, 2.24) is 30.4 Å². The molecule has 6 aliphatic heterocycles. The van der Waals surface area contributed by atoms with Crippen molar-refractivity contribution in [2.24, 2.45) is 21.8 Å². The summed E-state index contributed by atoms with van der Waals surface area (Å²) in [5.74, 6) is -17.6. The molecule has 4 N–H and O–H groups in total. The van der Waals surface area contributed by atoms with Crippen LogP contribution in [0.2, 0.25) is 0 Å². The van der Waals surface area contributed by atoms with Crippen LogP contribution in [-0.4, -0.2) is 154 Å². The van der Waals surface area contributed by atoms with Gasteiger partial charge in [-0.15, -0.1) is 22.7 Å². The Labute approximate surface area is 471 Å². The van der Waals surface area contributed by atoms with Crippen molar-refractivity contribution in [2.45, 2.75) is 101 Å². The van der Waals surface area contributed by atoms with Gasteiger partial charge < -0.3 is 39.8 Å². The summed E-state index contributed by atoms with van der Waals surface area (Å²) < 4.78 is 142. The summed E-state index contributed by atoms with van der Waals surface area (Å²) in [6.45, 7) is 5.10. The Morgan fingerprint density at radius 3 is 1.38 bits per heavy atom. The quantitative estimate of drug-likeness (QED) is 0.0623. The predicted molar refractivity (Wildman–Crippen MR) is 279 cm³/mol. The minimum absolute atomic E-state index is 0.000109. The molecular formula is C54H56F8N8O10S2. The molecule has 0 amide bonds. The van der Waals surface area contributed by atoms with Crippen LogP contribution in [0, 0.1) is 49.0 Å². The average molecular weight is 1190 g/mol. The number of benzene rings is 2. The number of hydrogen-bond acceptors (Lipinski definition) is 18. The van der Waals surface area contributed by atoms with Crippen LogP contribution in [0.5, 0.6) is 0 Å². The molecule has 28 heteroatoms. The van der Waals surface area contributed by atoms with Crippen LogP contribution in [-0.2, 0) is 38.1 Å². The fraction of sp³-hybridized carbons (Fsp3) is 0.481. The molecule has 440 valence electrons. The van der Waals surface area contributed by atoms with Crippen molar-refractivity contribution >= 4 is 58.2 Å². The third kappa shape index (κ3) is 11.9. The van der Waals surface area contributed by atoms with Gasteiger partial charge in [-0.25, -0.2) is 54.7 Å². The van der Waals surface area contributed by atoms with Gasteiger partial charge in [0, 0.05) is 71.6 Å². The number of halogens is 8. The molecule has 0 aliphatic carbocycles. The first-order valence-corrected chi connectivity index (χ1v) is 27.9. The molecule has 0 spiro atoms. The number of alkyl halides is 4. The monoisotopic (exact) mass is 1190 g/mol. The number of thiazole rings is 2. The van der Waals surface area contributed by atoms with Gasteiger partial charge >= 0.3 is 23.9 Å². The number of carboxylic acid groups (broad SMARTS) is 2. The number of aromatic nitrogens is 2. The highest BCUT2D eigenvalue weighted by Gasteiger charge is 2.60. The molecule has 6 aliphatic rings. The summed E-state index contributed by atoms with van der Waals surface area (Å²) in [6, 6.07) is -1.78. The van der Waals surface area contributed by atoms with Crippen LogP contribution in [0.15, 0.2) is 79.9 Å². The van der Waals surface area contributed by atoms with Gasteiger partial charge in [0.15, 0.2) is 45.0 Å². The maximum absolute atomic E-state index is 15.6. The molecule has 18 nitrogen and oxygen atoms in total. The van der Waals surface area contributed by atoms with Crippen molar-refractivity contribution in [1.29, 1.82) is 0 Å². The minimum atomic E-state index is -3.39. The SMILES string of the molecule is CCOC(=O)C1=C(CN2C3COCC2C(F)(F)[C@@H](CC(=O)O)C3)NC(c2nccs2)=N[C@H]1c1ccc(F)c(F)c1C.CCOC(=O)C1=C(CN2C3COCC2C(F)(F)[C@H](CC(=O)O)C3)NC(c2nccs2)=N[C@H]1c1ccc(F)c(F)c1C. The standard InChI is InChI=1S/2C27H28F4N4O5S/c2*1-3-40-26(38)21-18(10-35-15-8-14(9-20(36)37)27(30,31)19(35)12-39-11-15)33-24(25-32-6-7-41-25)34-23(21)16-4-5-17(28)22(29)13(16)2/h2*4-7,14-15,19,23H,3,8-12H2,1-2H3,(H,33,34)(H,36,37)/t14-,15?,19?,23+;14-,15?,19?,23-/m10/s1. The van der Waals surface area contributed by atoms with E-state index in [1.807, 2.05) is 0 Å². The molecule has 8 atom stereocenters. The summed E-state index contributed by atoms with van der Waals surface area (Å²) in [7, 11) is 0. The highest BCUT2D eigenvalue weighted by Crippen LogP contribution is 2.48. The van der Waals surface area contributed by atoms with Crippen LogP contribution in [0.1, 0.15) is 83.9 Å². The Hall–Kier alpha value is -6.72. The molecule has 82 heavy (non-hydrogen) atoms. The number of hydrogen-bond donors (Lipinski definition) is 4. The number of amidine groups is 2. The van der Waals surface area contributed by atoms with Crippen molar-refractivity contribution < 1.29 is 83.5 Å². The number of aliphatic carboxylic acids is 2. The van der Waals surface area contributed by atoms with Crippen molar-refractivity contribution in [2.75, 3.05) is 52.7 Å². The molecule has 0 saturated carbocycles. The van der Waals surface area contributed by atoms with Gasteiger partial charge in [-0.05, 0) is 74.9 Å². The number of carboxylic acids is 2. The van der Waals surface area contributed by atoms with Crippen molar-refractivity contribution in [3.63, 3.8) is 0 Å². The van der Waals surface area contributed by atoms with Crippen molar-refractivity contribution in [3.8, 4) is 0 Å². The van der Waals surface area contributed by atoms with Crippen LogP contribution in [0.4, 0.5) is 35.1 Å². The average Bonchev–Trinajstić information content (AvgIpc) is 4.25. The summed E-state index contributed by atoms with van der Waals surface area (Å²) >= 11 is 2.48. The van der Waals surface area contributed by atoms with E-state index < -0.39 is 120 Å². The minimum Gasteiger partial charge on any atom is -0.481 e. The Morgan fingerprint density at radius 2 is 1.04 bits per heavy atom. The lowest BCUT2D eigenvalue weighted by Crippen LogP contribution is -2.67. The van der Waals surface area contributed by atoms with Crippen molar-refractivity contribution in [3.05, 3.63) is 125 Å². The molecule has 0 radical (unpaired) electrons. The van der Waals surface area contributed by atoms with Crippen LogP contribution in [0.25, 0.3) is 0 Å². The Bertz CT molecular complexity index is 3010. The van der Waals surface area contributed by atoms with E-state index in [1.54, 1.807) is 37.0 Å². The van der Waals surface area contributed by atoms with Gasteiger partial charge in [-0.2, -0.15) is 0 Å². The predicted octanol–water partition coefficient (Wildman–Crippen LogP) is 7.67. The zero-order valence-corrected chi connectivity index (χ0v) is 46.0. The highest BCUT2D eigenvalue weighted by molar-refractivity contribution is 7.12. The number of carbonyl (C=O) groups is 4. The van der Waals surface area contributed by atoms with E-state index in [0.29, 0.717) is 10.0 Å². The van der Waals surface area contributed by atoms with E-state index in [2.05, 4.69) is 30.6 Å². The number of ether oxygens (including phenoxy) is 4. The first kappa shape index (κ1) is 59.9. The van der Waals surface area contributed by atoms with E-state index in [4.69, 9.17) is 18.9 Å². The molecular weight excluding hydrogens is 1140 g/mol. The topological polar surface area (TPSA) is 227 Å². The lowest BCUT2D eigenvalue weighted by molar-refractivity contribution is -0.219. The maximum Gasteiger partial charge on any atom is 0.338 e. The molecule has 4 unspecified atom stereocenters. The number of aliphatic imine (C=N–C) groups is 2. The largest absolute Gasteiger partial charge is 0.481 e. The summed E-state index contributed by atoms with van der Waals surface area (Å²) in [5.41, 5.74) is 0.609. The number of morpholine rings is 2. The number of rotatable bonds is 16. The Balaban J connectivity index is 0.000000198. The summed E-state index contributed by atoms with van der Waals surface area (Å²) in [4.78, 5) is 70.4. The zero-order valence-electron chi connectivity index (χ0n) is 44.4. The summed E-state index contributed by atoms with van der Waals surface area (Å²) in [5, 5.41) is 28.9. The van der Waals surface area contributed by atoms with Gasteiger partial charge in [-0.1, -0.05) is 12.1 Å². The first-order valence-electron chi connectivity index (χ1n) is 26.1. The van der Waals surface area contributed by atoms with Crippen LogP contribution < -0.4 is 10.6 Å². The van der Waals surface area contributed by atoms with Gasteiger partial charge in [0.1, 0.15) is 12.1 Å². The molecule has 10 rings (SSSR count). The van der Waals surface area contributed by atoms with Gasteiger partial charge in [-0.3, -0.25) is 29.4 Å². The number of carbonyl (C=O) groups excluding carboxylic acids is 2. The fourth-order valence-electron chi connectivity index (χ4n) is 11.4. The second-order valence-electron chi connectivity index (χ2n) is 20.2. The van der Waals surface area contributed by atoms with E-state index in [9.17, 15) is 47.0 Å². The van der Waals surface area contributed by atoms with Crippen LogP contribution in [0.3, 0.4) is 0 Å². The Kier molecular flexibility index (Phi) is 18.0. The van der Waals surface area contributed by atoms with Crippen LogP contribution >= 0.6 is 22.7 Å². The zero-order chi connectivity index (χ0) is 58.9. The van der Waals surface area contributed by atoms with E-state index in [-0.39, 0.29) is 122 Å². The first-order chi connectivity index (χ1) is 39.0. The van der Waals surface area contributed by atoms with E-state index in [1.165, 1.54) is 58.5 Å². The Morgan fingerprint density at radius 1 is 0.646 bits per heavy atom. The molecule has 4 saturated heterocycles. The lowest BCUT2D eigenvalue weighted by atomic mass is 9.79. The van der Waals surface area contributed by atoms with E-state index in [0.717, 1.165) is 12.1 Å². The number of piperidine rings is 2. The lowest BCUT2D eigenvalue weighted by Gasteiger charge is -2.52. The highest BCUT2D eigenvalue weighted by atomic mass is 32.1. The number of fused-ring (bicyclic) bond motifs is 4. The molecule has 4 aromatic rings. The third-order valence-electron chi connectivity index (χ3n) is 15.4. The molecule has 2 aromatic heterocycles. The number of nitrogens with zero attached hydrogens (tertiary/aromatic N) is 6. The smallest absolute Gasteiger partial charge is 0.338 e. The molecule has 4 fully saturated rings. The van der Waals surface area contributed by atoms with Gasteiger partial charge in [0.05, 0.1) is 75.7 Å². The second kappa shape index (κ2) is 24.6. The summed E-state index contributed by atoms with van der Waals surface area (Å²) in [6.07, 6.45) is 1.47. The molecule has 8 heterocycles.